The molecular weight excluding hydrogens is 239 g/mol. The van der Waals surface area contributed by atoms with E-state index in [1.807, 2.05) is 18.4 Å². The standard InChI is InChI=1S/C12H11FN2OS/c1-7-4-5-17-11(7)12(16)15-10-3-2-8(14)6-9(10)13/h2-6H,14H2,1H3,(H,15,16). The first-order valence-corrected chi connectivity index (χ1v) is 5.86. The van der Waals surface area contributed by atoms with Crippen LogP contribution >= 0.6 is 11.3 Å². The molecule has 0 atom stereocenters. The summed E-state index contributed by atoms with van der Waals surface area (Å²) in [5, 5.41) is 4.34. The number of nitrogens with one attached hydrogen (secondary N) is 1. The van der Waals surface area contributed by atoms with Gasteiger partial charge in [0.25, 0.3) is 5.91 Å². The number of carbonyl (C=O) groups is 1. The number of carbonyl (C=O) groups excluding carboxylic acids is 1. The van der Waals surface area contributed by atoms with Crippen LogP contribution in [0.2, 0.25) is 0 Å². The quantitative estimate of drug-likeness (QED) is 0.805. The van der Waals surface area contributed by atoms with E-state index in [1.165, 1.54) is 23.5 Å². The number of halogens is 1. The Kier molecular flexibility index (Phi) is 3.10. The summed E-state index contributed by atoms with van der Waals surface area (Å²) >= 11 is 1.33. The number of amides is 1. The van der Waals surface area contributed by atoms with Gasteiger partial charge in [-0.15, -0.1) is 11.3 Å². The average molecular weight is 250 g/mol. The van der Waals surface area contributed by atoms with Crippen molar-refractivity contribution < 1.29 is 9.18 Å². The fourth-order valence-electron chi connectivity index (χ4n) is 1.42. The number of benzene rings is 1. The van der Waals surface area contributed by atoms with Crippen LogP contribution < -0.4 is 11.1 Å². The molecule has 0 aliphatic heterocycles. The zero-order valence-electron chi connectivity index (χ0n) is 9.16. The molecule has 1 aromatic heterocycles. The molecule has 1 heterocycles. The van der Waals surface area contributed by atoms with Crippen molar-refractivity contribution in [3.8, 4) is 0 Å². The van der Waals surface area contributed by atoms with Crippen molar-refractivity contribution in [2.75, 3.05) is 11.1 Å². The van der Waals surface area contributed by atoms with E-state index < -0.39 is 5.82 Å². The van der Waals surface area contributed by atoms with Crippen LogP contribution in [0.3, 0.4) is 0 Å². The lowest BCUT2D eigenvalue weighted by Crippen LogP contribution is -2.12. The van der Waals surface area contributed by atoms with Crippen molar-refractivity contribution in [1.29, 1.82) is 0 Å². The minimum atomic E-state index is -0.535. The molecule has 0 saturated heterocycles. The van der Waals surface area contributed by atoms with E-state index in [2.05, 4.69) is 5.32 Å². The Bertz CT molecular complexity index is 565. The molecule has 88 valence electrons. The highest BCUT2D eigenvalue weighted by molar-refractivity contribution is 7.12. The monoisotopic (exact) mass is 250 g/mol. The van der Waals surface area contributed by atoms with Crippen LogP contribution in [-0.4, -0.2) is 5.91 Å². The van der Waals surface area contributed by atoms with E-state index in [0.717, 1.165) is 5.56 Å². The Morgan fingerprint density at radius 3 is 2.76 bits per heavy atom. The van der Waals surface area contributed by atoms with Crippen molar-refractivity contribution in [2.45, 2.75) is 6.92 Å². The van der Waals surface area contributed by atoms with Crippen LogP contribution in [0, 0.1) is 12.7 Å². The first kappa shape index (κ1) is 11.6. The Morgan fingerprint density at radius 1 is 1.41 bits per heavy atom. The number of nitrogen functional groups attached to an aromatic ring is 1. The number of anilines is 2. The molecule has 0 bridgehead atoms. The summed E-state index contributed by atoms with van der Waals surface area (Å²) in [5.41, 5.74) is 6.77. The van der Waals surface area contributed by atoms with Gasteiger partial charge in [-0.05, 0) is 42.1 Å². The Morgan fingerprint density at radius 2 is 2.18 bits per heavy atom. The van der Waals surface area contributed by atoms with Crippen molar-refractivity contribution in [3.05, 3.63) is 45.9 Å². The van der Waals surface area contributed by atoms with Crippen LogP contribution in [-0.2, 0) is 0 Å². The summed E-state index contributed by atoms with van der Waals surface area (Å²) in [6, 6.07) is 6.02. The minimum Gasteiger partial charge on any atom is -0.399 e. The lowest BCUT2D eigenvalue weighted by Gasteiger charge is -2.06. The molecular formula is C12H11FN2OS. The molecule has 0 aliphatic rings. The van der Waals surface area contributed by atoms with Crippen molar-refractivity contribution in [2.24, 2.45) is 0 Å². The Hall–Kier alpha value is -1.88. The van der Waals surface area contributed by atoms with Gasteiger partial charge in [0.05, 0.1) is 10.6 Å². The Balaban J connectivity index is 2.22. The zero-order chi connectivity index (χ0) is 12.4. The SMILES string of the molecule is Cc1ccsc1C(=O)Nc1ccc(N)cc1F. The minimum absolute atomic E-state index is 0.136. The molecule has 0 saturated carbocycles. The van der Waals surface area contributed by atoms with Gasteiger partial charge in [-0.2, -0.15) is 0 Å². The van der Waals surface area contributed by atoms with Gasteiger partial charge in [0.1, 0.15) is 5.82 Å². The summed E-state index contributed by atoms with van der Waals surface area (Å²) in [7, 11) is 0. The van der Waals surface area contributed by atoms with E-state index in [-0.39, 0.29) is 11.6 Å². The normalized spacial score (nSPS) is 10.2. The fourth-order valence-corrected chi connectivity index (χ4v) is 2.24. The van der Waals surface area contributed by atoms with Gasteiger partial charge in [0.15, 0.2) is 0 Å². The van der Waals surface area contributed by atoms with Crippen molar-refractivity contribution in [1.82, 2.24) is 0 Å². The Labute approximate surface area is 102 Å². The maximum atomic E-state index is 13.5. The molecule has 0 spiro atoms. The predicted molar refractivity (Wildman–Crippen MR) is 67.8 cm³/mol. The number of rotatable bonds is 2. The van der Waals surface area contributed by atoms with Gasteiger partial charge in [0, 0.05) is 5.69 Å². The summed E-state index contributed by atoms with van der Waals surface area (Å²) < 4.78 is 13.5. The van der Waals surface area contributed by atoms with Crippen molar-refractivity contribution >= 4 is 28.6 Å². The molecule has 0 aliphatic carbocycles. The summed E-state index contributed by atoms with van der Waals surface area (Å²) in [6.07, 6.45) is 0. The van der Waals surface area contributed by atoms with Crippen LogP contribution in [0.5, 0.6) is 0 Å². The largest absolute Gasteiger partial charge is 0.399 e. The number of hydrogen-bond acceptors (Lipinski definition) is 3. The van der Waals surface area contributed by atoms with E-state index in [1.54, 1.807) is 6.07 Å². The second-order valence-electron chi connectivity index (χ2n) is 3.63. The average Bonchev–Trinajstić information content (AvgIpc) is 2.68. The smallest absolute Gasteiger partial charge is 0.266 e. The van der Waals surface area contributed by atoms with Crippen LogP contribution in [0.25, 0.3) is 0 Å². The number of aryl methyl sites for hydroxylation is 1. The molecule has 3 N–H and O–H groups in total. The molecule has 2 rings (SSSR count). The van der Waals surface area contributed by atoms with Gasteiger partial charge in [-0.3, -0.25) is 4.79 Å². The van der Waals surface area contributed by atoms with Gasteiger partial charge in [-0.25, -0.2) is 4.39 Å². The first-order valence-electron chi connectivity index (χ1n) is 4.98. The lowest BCUT2D eigenvalue weighted by molar-refractivity contribution is 0.102. The molecule has 0 fully saturated rings. The maximum Gasteiger partial charge on any atom is 0.266 e. The fraction of sp³-hybridized carbons (Fsp3) is 0.0833. The molecule has 5 heteroatoms. The zero-order valence-corrected chi connectivity index (χ0v) is 9.98. The van der Waals surface area contributed by atoms with Gasteiger partial charge in [-0.1, -0.05) is 0 Å². The second kappa shape index (κ2) is 4.55. The van der Waals surface area contributed by atoms with Crippen molar-refractivity contribution in [3.63, 3.8) is 0 Å². The highest BCUT2D eigenvalue weighted by Crippen LogP contribution is 2.20. The van der Waals surface area contributed by atoms with Gasteiger partial charge >= 0.3 is 0 Å². The van der Waals surface area contributed by atoms with Crippen LogP contribution in [0.15, 0.2) is 29.6 Å². The molecule has 2 aromatic rings. The number of thiophene rings is 1. The van der Waals surface area contributed by atoms with Gasteiger partial charge < -0.3 is 11.1 Å². The highest BCUT2D eigenvalue weighted by atomic mass is 32.1. The van der Waals surface area contributed by atoms with Crippen LogP contribution in [0.1, 0.15) is 15.2 Å². The molecule has 1 aromatic carbocycles. The van der Waals surface area contributed by atoms with Gasteiger partial charge in [0.2, 0.25) is 0 Å². The predicted octanol–water partition coefficient (Wildman–Crippen LogP) is 3.03. The third kappa shape index (κ3) is 2.45. The molecule has 1 amide bonds. The van der Waals surface area contributed by atoms with Crippen LogP contribution in [0.4, 0.5) is 15.8 Å². The first-order chi connectivity index (χ1) is 8.08. The second-order valence-corrected chi connectivity index (χ2v) is 4.54. The summed E-state index contributed by atoms with van der Waals surface area (Å²) in [4.78, 5) is 12.4. The van der Waals surface area contributed by atoms with E-state index in [9.17, 15) is 9.18 Å². The topological polar surface area (TPSA) is 55.1 Å². The molecule has 0 radical (unpaired) electrons. The number of hydrogen-bond donors (Lipinski definition) is 2. The summed E-state index contributed by atoms with van der Waals surface area (Å²) in [6.45, 7) is 1.84. The molecule has 0 unspecified atom stereocenters. The van der Waals surface area contributed by atoms with E-state index in [0.29, 0.717) is 10.6 Å². The third-order valence-electron chi connectivity index (χ3n) is 2.31. The third-order valence-corrected chi connectivity index (χ3v) is 3.32. The lowest BCUT2D eigenvalue weighted by atomic mass is 10.2. The number of nitrogens with two attached hydrogens (primary N) is 1. The summed E-state index contributed by atoms with van der Waals surface area (Å²) in [5.74, 6) is -0.839. The molecule has 17 heavy (non-hydrogen) atoms. The highest BCUT2D eigenvalue weighted by Gasteiger charge is 2.12. The van der Waals surface area contributed by atoms with E-state index in [4.69, 9.17) is 5.73 Å². The maximum absolute atomic E-state index is 13.5. The molecule has 3 nitrogen and oxygen atoms in total. The van der Waals surface area contributed by atoms with E-state index >= 15 is 0 Å².